The summed E-state index contributed by atoms with van der Waals surface area (Å²) in [4.78, 5) is 9.78. The number of ether oxygens (including phenoxy) is 1. The molecule has 3 aromatic carbocycles. The summed E-state index contributed by atoms with van der Waals surface area (Å²) in [5.74, 6) is -3.87. The molecule has 0 spiro atoms. The molecule has 0 bridgehead atoms. The molecule has 0 aromatic heterocycles. The van der Waals surface area contributed by atoms with E-state index in [4.69, 9.17) is 4.74 Å². The van der Waals surface area contributed by atoms with Gasteiger partial charge in [0.2, 0.25) is 0 Å². The molecule has 0 unspecified atom stereocenters. The van der Waals surface area contributed by atoms with Crippen LogP contribution in [0.25, 0.3) is 11.1 Å². The minimum atomic E-state index is -10.2. The molecular weight excluding hydrogens is 593 g/mol. The van der Waals surface area contributed by atoms with Gasteiger partial charge in [0.25, 0.3) is 5.97 Å². The molecule has 0 heterocycles. The van der Waals surface area contributed by atoms with Gasteiger partial charge in [-0.25, -0.2) is 4.39 Å². The Hall–Kier alpha value is -1.75. The smallest absolute Gasteiger partial charge is 0.313 e. The monoisotopic (exact) mass is 612 g/mol. The summed E-state index contributed by atoms with van der Waals surface area (Å²) in [7, 11) is -10.2. The second-order valence-corrected chi connectivity index (χ2v) is 10.0. The predicted molar refractivity (Wildman–Crippen MR) is 112 cm³/mol. The molecular formula is C23H19F6LaO2S-. The summed E-state index contributed by atoms with van der Waals surface area (Å²) >= 11 is 0. The number of aryl methyl sites for hydroxylation is 4. The molecule has 0 aliphatic heterocycles. The van der Waals surface area contributed by atoms with E-state index in [0.29, 0.717) is 11.6 Å². The van der Waals surface area contributed by atoms with Crippen LogP contribution in [0.15, 0.2) is 47.4 Å². The van der Waals surface area contributed by atoms with E-state index < -0.39 is 32.7 Å². The molecule has 0 amide bonds. The standard InChI is InChI=1S/C23H19F6O2S.La/c1-13-9-15(3)22(16(4)10-13)17-5-7-19(14(2)11-17)23(30)31-18-6-8-21(20(24)12-18)32(25,26,27,28)29;/h5-6,8-12H,1-4H3;/q-1;. The van der Waals surface area contributed by atoms with Crippen LogP contribution in [0.5, 0.6) is 5.75 Å². The van der Waals surface area contributed by atoms with Crippen LogP contribution in [-0.2, 0) is 0 Å². The van der Waals surface area contributed by atoms with E-state index in [9.17, 15) is 28.6 Å². The van der Waals surface area contributed by atoms with Crippen LogP contribution in [-0.4, -0.2) is 5.97 Å². The third kappa shape index (κ3) is 6.23. The molecule has 0 fully saturated rings. The van der Waals surface area contributed by atoms with Gasteiger partial charge in [0.05, 0.1) is 0 Å². The fourth-order valence-corrected chi connectivity index (χ4v) is 4.38. The minimum absolute atomic E-state index is 0. The maximum absolute atomic E-state index is 13.7. The molecule has 1 radical (unpaired) electrons. The van der Waals surface area contributed by atoms with Gasteiger partial charge in [-0.3, -0.25) is 0 Å². The van der Waals surface area contributed by atoms with Crippen LogP contribution in [0.1, 0.15) is 32.6 Å². The molecule has 0 N–H and O–H groups in total. The van der Waals surface area contributed by atoms with Gasteiger partial charge in [-0.15, -0.1) is 23.8 Å². The van der Waals surface area contributed by atoms with Gasteiger partial charge < -0.3 is 9.53 Å². The zero-order valence-electron chi connectivity index (χ0n) is 18.1. The van der Waals surface area contributed by atoms with Gasteiger partial charge in [0.1, 0.15) is 16.5 Å². The molecule has 33 heavy (non-hydrogen) atoms. The number of carbonyl (C=O) groups excluding carboxylic acids is 1. The van der Waals surface area contributed by atoms with Crippen molar-refractivity contribution in [2.75, 3.05) is 0 Å². The summed E-state index contributed by atoms with van der Waals surface area (Å²) in [6.45, 7) is 7.51. The molecule has 0 aliphatic rings. The Morgan fingerprint density at radius 1 is 0.879 bits per heavy atom. The normalized spacial score (nSPS) is 13.5. The second kappa shape index (κ2) is 8.48. The van der Waals surface area contributed by atoms with E-state index in [2.05, 4.69) is 6.07 Å². The van der Waals surface area contributed by atoms with Crippen molar-refractivity contribution in [3.05, 3.63) is 82.2 Å². The third-order valence-corrected chi connectivity index (χ3v) is 6.00. The summed E-state index contributed by atoms with van der Waals surface area (Å²) in [6, 6.07) is 10.6. The van der Waals surface area contributed by atoms with Crippen molar-refractivity contribution in [1.29, 1.82) is 0 Å². The van der Waals surface area contributed by atoms with E-state index in [1.54, 1.807) is 19.1 Å². The second-order valence-electron chi connectivity index (χ2n) is 7.67. The quantitative estimate of drug-likeness (QED) is 0.128. The first kappa shape index (κ1) is 27.5. The van der Waals surface area contributed by atoms with Crippen LogP contribution in [0.3, 0.4) is 0 Å². The first-order valence-corrected chi connectivity index (χ1v) is 11.3. The number of carbonyl (C=O) groups is 1. The predicted octanol–water partition coefficient (Wildman–Crippen LogP) is 8.40. The Morgan fingerprint density at radius 2 is 1.45 bits per heavy atom. The van der Waals surface area contributed by atoms with Gasteiger partial charge in [0.15, 0.2) is 0 Å². The molecule has 175 valence electrons. The molecule has 2 nitrogen and oxygen atoms in total. The Balaban J connectivity index is 0.00000385. The molecule has 0 saturated heterocycles. The Morgan fingerprint density at radius 3 is 1.94 bits per heavy atom. The van der Waals surface area contributed by atoms with Crippen LogP contribution in [0, 0.1) is 75.2 Å². The Bertz CT molecular complexity index is 1230. The largest absolute Gasteiger partial charge is 0.467 e. The summed E-state index contributed by atoms with van der Waals surface area (Å²) in [5.41, 5.74) is 5.40. The zero-order valence-corrected chi connectivity index (χ0v) is 22.6. The number of esters is 1. The number of benzene rings is 3. The molecule has 3 rings (SSSR count). The summed E-state index contributed by atoms with van der Waals surface area (Å²) < 4.78 is 82.8. The van der Waals surface area contributed by atoms with Gasteiger partial charge in [0, 0.05) is 41.7 Å². The van der Waals surface area contributed by atoms with E-state index in [-0.39, 0.29) is 53.3 Å². The fourth-order valence-electron chi connectivity index (χ4n) is 3.63. The molecule has 10 heteroatoms. The van der Waals surface area contributed by atoms with Gasteiger partial charge in [-0.05, 0) is 32.9 Å². The van der Waals surface area contributed by atoms with Crippen LogP contribution < -0.4 is 4.74 Å². The maximum Gasteiger partial charge on any atom is 0.313 e. The van der Waals surface area contributed by atoms with Crippen molar-refractivity contribution in [3.63, 3.8) is 0 Å². The molecule has 0 aliphatic carbocycles. The first-order valence-electron chi connectivity index (χ1n) is 9.32. The van der Waals surface area contributed by atoms with Crippen molar-refractivity contribution in [2.45, 2.75) is 32.6 Å². The van der Waals surface area contributed by atoms with Crippen LogP contribution >= 0.6 is 10.2 Å². The van der Waals surface area contributed by atoms with E-state index in [1.165, 1.54) is 0 Å². The Kier molecular flexibility index (Phi) is 7.07. The van der Waals surface area contributed by atoms with E-state index in [0.717, 1.165) is 27.8 Å². The topological polar surface area (TPSA) is 26.3 Å². The van der Waals surface area contributed by atoms with Crippen molar-refractivity contribution < 1.29 is 68.9 Å². The van der Waals surface area contributed by atoms with Crippen LogP contribution in [0.2, 0.25) is 0 Å². The molecule has 3 aromatic rings. The zero-order chi connectivity index (χ0) is 24.1. The number of rotatable bonds is 4. The van der Waals surface area contributed by atoms with Crippen molar-refractivity contribution >= 4 is 16.2 Å². The van der Waals surface area contributed by atoms with Crippen LogP contribution in [0.4, 0.5) is 23.8 Å². The van der Waals surface area contributed by atoms with Gasteiger partial charge in [-0.1, -0.05) is 71.9 Å². The Labute approximate surface area is 215 Å². The SMILES string of the molecule is Cc1cc(C)c(-c2c[c-]c(C(=O)Oc3ccc(S(F)(F)(F)(F)F)c(F)c3)c(C)c2)c(C)c1.[La]. The average Bonchev–Trinajstić information content (AvgIpc) is 2.58. The fraction of sp³-hybridized carbons (Fsp3) is 0.174. The minimum Gasteiger partial charge on any atom is -0.467 e. The van der Waals surface area contributed by atoms with E-state index in [1.807, 2.05) is 32.9 Å². The molecule has 0 atom stereocenters. The van der Waals surface area contributed by atoms with Gasteiger partial charge >= 0.3 is 10.2 Å². The number of halogens is 6. The van der Waals surface area contributed by atoms with Gasteiger partial charge in [-0.2, -0.15) is 0 Å². The molecule has 0 saturated carbocycles. The summed E-state index contributed by atoms with van der Waals surface area (Å²) in [6.07, 6.45) is 0. The third-order valence-electron chi connectivity index (χ3n) is 4.84. The number of hydrogen-bond acceptors (Lipinski definition) is 2. The van der Waals surface area contributed by atoms with Crippen molar-refractivity contribution in [2.24, 2.45) is 0 Å². The van der Waals surface area contributed by atoms with Crippen molar-refractivity contribution in [3.8, 4) is 16.9 Å². The average molecular weight is 612 g/mol. The van der Waals surface area contributed by atoms with E-state index >= 15 is 0 Å². The first-order chi connectivity index (χ1) is 14.5. The number of hydrogen-bond donors (Lipinski definition) is 0. The summed E-state index contributed by atoms with van der Waals surface area (Å²) in [5, 5.41) is 0. The van der Waals surface area contributed by atoms with Crippen molar-refractivity contribution in [1.82, 2.24) is 0 Å². The maximum atomic E-state index is 13.7.